The molecule has 0 aromatic heterocycles. The van der Waals surface area contributed by atoms with Crippen LogP contribution in [-0.4, -0.2) is 43.0 Å². The number of rotatable bonds is 5. The van der Waals surface area contributed by atoms with E-state index in [0.29, 0.717) is 12.5 Å². The third-order valence-electron chi connectivity index (χ3n) is 3.61. The first kappa shape index (κ1) is 14.7. The van der Waals surface area contributed by atoms with E-state index in [4.69, 9.17) is 4.74 Å². The summed E-state index contributed by atoms with van der Waals surface area (Å²) in [6.07, 6.45) is 1.66. The van der Waals surface area contributed by atoms with E-state index in [-0.39, 0.29) is 5.78 Å². The van der Waals surface area contributed by atoms with Crippen molar-refractivity contribution in [3.63, 3.8) is 0 Å². The van der Waals surface area contributed by atoms with Crippen LogP contribution in [0.5, 0.6) is 0 Å². The minimum absolute atomic E-state index is 0.217. The molecule has 0 saturated carbocycles. The minimum atomic E-state index is 0.217. The Balaban J connectivity index is 1.87. The zero-order valence-corrected chi connectivity index (χ0v) is 12.9. The van der Waals surface area contributed by atoms with E-state index in [1.807, 2.05) is 24.3 Å². The highest BCUT2D eigenvalue weighted by molar-refractivity contribution is 9.10. The highest BCUT2D eigenvalue weighted by Crippen LogP contribution is 2.14. The second-order valence-corrected chi connectivity index (χ2v) is 5.77. The number of halogens is 1. The smallest absolute Gasteiger partial charge is 0.164 e. The number of carbonyl (C=O) groups is 1. The number of hydrogen-bond acceptors (Lipinski definition) is 3. The number of carbonyl (C=O) groups excluding carboxylic acids is 1. The summed E-state index contributed by atoms with van der Waals surface area (Å²) >= 11 is 3.38. The second-order valence-electron chi connectivity index (χ2n) is 4.85. The maximum absolute atomic E-state index is 12.1. The molecule has 1 fully saturated rings. The first-order valence-electron chi connectivity index (χ1n) is 6.81. The molecule has 4 heteroatoms. The number of Topliss-reactive ketones (excluding diaryl/α,β-unsaturated/α-hetero) is 1. The second kappa shape index (κ2) is 7.17. The summed E-state index contributed by atoms with van der Waals surface area (Å²) < 4.78 is 6.48. The number of morpholine rings is 1. The van der Waals surface area contributed by atoms with Gasteiger partial charge in [0, 0.05) is 35.6 Å². The number of ketones is 1. The fourth-order valence-corrected chi connectivity index (χ4v) is 2.65. The van der Waals surface area contributed by atoms with Crippen LogP contribution in [0.15, 0.2) is 28.7 Å². The van der Waals surface area contributed by atoms with Crippen LogP contribution in [-0.2, 0) is 4.74 Å². The van der Waals surface area contributed by atoms with E-state index in [1.165, 1.54) is 0 Å². The molecule has 0 N–H and O–H groups in total. The molecule has 1 aliphatic rings. The lowest BCUT2D eigenvalue weighted by Crippen LogP contribution is -2.45. The quantitative estimate of drug-likeness (QED) is 0.779. The molecule has 0 aliphatic carbocycles. The molecule has 3 nitrogen and oxygen atoms in total. The summed E-state index contributed by atoms with van der Waals surface area (Å²) in [6.45, 7) is 5.51. The lowest BCUT2D eigenvalue weighted by molar-refractivity contribution is -0.00839. The Morgan fingerprint density at radius 1 is 1.42 bits per heavy atom. The van der Waals surface area contributed by atoms with Crippen molar-refractivity contribution in [1.29, 1.82) is 0 Å². The van der Waals surface area contributed by atoms with Gasteiger partial charge in [-0.25, -0.2) is 0 Å². The molecule has 104 valence electrons. The van der Waals surface area contributed by atoms with Crippen LogP contribution in [0.4, 0.5) is 0 Å². The van der Waals surface area contributed by atoms with Crippen molar-refractivity contribution in [3.8, 4) is 0 Å². The van der Waals surface area contributed by atoms with Gasteiger partial charge in [-0.2, -0.15) is 0 Å². The van der Waals surface area contributed by atoms with Gasteiger partial charge >= 0.3 is 0 Å². The largest absolute Gasteiger partial charge is 0.378 e. The summed E-state index contributed by atoms with van der Waals surface area (Å²) in [5, 5.41) is 0. The van der Waals surface area contributed by atoms with Crippen molar-refractivity contribution < 1.29 is 9.53 Å². The van der Waals surface area contributed by atoms with Gasteiger partial charge in [-0.15, -0.1) is 0 Å². The zero-order valence-electron chi connectivity index (χ0n) is 11.3. The average Bonchev–Trinajstić information content (AvgIpc) is 2.45. The van der Waals surface area contributed by atoms with Gasteiger partial charge in [0.2, 0.25) is 0 Å². The van der Waals surface area contributed by atoms with Crippen molar-refractivity contribution in [1.82, 2.24) is 4.90 Å². The van der Waals surface area contributed by atoms with Crippen LogP contribution >= 0.6 is 15.9 Å². The Hall–Kier alpha value is -0.710. The zero-order chi connectivity index (χ0) is 13.7. The van der Waals surface area contributed by atoms with Gasteiger partial charge < -0.3 is 4.74 Å². The molecule has 2 rings (SSSR count). The highest BCUT2D eigenvalue weighted by Gasteiger charge is 2.21. The maximum Gasteiger partial charge on any atom is 0.164 e. The molecule has 1 saturated heterocycles. The summed E-state index contributed by atoms with van der Waals surface area (Å²) in [5.41, 5.74) is 0.796. The summed E-state index contributed by atoms with van der Waals surface area (Å²) in [6, 6.07) is 8.05. The highest BCUT2D eigenvalue weighted by atomic mass is 79.9. The van der Waals surface area contributed by atoms with Crippen molar-refractivity contribution in [2.45, 2.75) is 25.8 Å². The van der Waals surface area contributed by atoms with Crippen molar-refractivity contribution in [2.24, 2.45) is 0 Å². The Morgan fingerprint density at radius 2 is 2.16 bits per heavy atom. The molecule has 1 unspecified atom stereocenters. The van der Waals surface area contributed by atoms with Crippen LogP contribution in [0.3, 0.4) is 0 Å². The van der Waals surface area contributed by atoms with E-state index in [9.17, 15) is 4.79 Å². The van der Waals surface area contributed by atoms with Gasteiger partial charge in [0.15, 0.2) is 5.78 Å². The van der Waals surface area contributed by atoms with E-state index in [2.05, 4.69) is 27.8 Å². The standard InChI is InChI=1S/C15H20BrNO2/c1-2-14-11-19-10-9-17(14)8-7-15(18)12-3-5-13(16)6-4-12/h3-6,14H,2,7-11H2,1H3. The van der Waals surface area contributed by atoms with Crippen molar-refractivity contribution >= 4 is 21.7 Å². The van der Waals surface area contributed by atoms with Gasteiger partial charge in [-0.05, 0) is 18.6 Å². The summed E-state index contributed by atoms with van der Waals surface area (Å²) in [4.78, 5) is 14.5. The fourth-order valence-electron chi connectivity index (χ4n) is 2.38. The summed E-state index contributed by atoms with van der Waals surface area (Å²) in [5.74, 6) is 0.217. The Morgan fingerprint density at radius 3 is 2.84 bits per heavy atom. The van der Waals surface area contributed by atoms with Gasteiger partial charge in [-0.3, -0.25) is 9.69 Å². The van der Waals surface area contributed by atoms with Crippen LogP contribution in [0, 0.1) is 0 Å². The van der Waals surface area contributed by atoms with Crippen molar-refractivity contribution in [3.05, 3.63) is 34.3 Å². The Labute approximate surface area is 123 Å². The molecule has 1 aromatic rings. The average molecular weight is 326 g/mol. The predicted molar refractivity (Wildman–Crippen MR) is 79.6 cm³/mol. The molecule has 1 aliphatic heterocycles. The molecule has 1 atom stereocenters. The molecule has 0 radical (unpaired) electrons. The van der Waals surface area contributed by atoms with Gasteiger partial charge in [0.05, 0.1) is 13.2 Å². The van der Waals surface area contributed by atoms with Gasteiger partial charge in [0.25, 0.3) is 0 Å². The topological polar surface area (TPSA) is 29.5 Å². The van der Waals surface area contributed by atoms with E-state index in [0.717, 1.165) is 42.8 Å². The fraction of sp³-hybridized carbons (Fsp3) is 0.533. The lowest BCUT2D eigenvalue weighted by Gasteiger charge is -2.34. The Kier molecular flexibility index (Phi) is 5.55. The third-order valence-corrected chi connectivity index (χ3v) is 4.14. The van der Waals surface area contributed by atoms with E-state index >= 15 is 0 Å². The molecule has 19 heavy (non-hydrogen) atoms. The van der Waals surface area contributed by atoms with Crippen molar-refractivity contribution in [2.75, 3.05) is 26.3 Å². The van der Waals surface area contributed by atoms with E-state index < -0.39 is 0 Å². The molecule has 0 amide bonds. The number of ether oxygens (including phenoxy) is 1. The number of benzene rings is 1. The number of nitrogens with zero attached hydrogens (tertiary/aromatic N) is 1. The molecule has 1 aromatic carbocycles. The monoisotopic (exact) mass is 325 g/mol. The van der Waals surface area contributed by atoms with Crippen LogP contribution < -0.4 is 0 Å². The first-order valence-corrected chi connectivity index (χ1v) is 7.60. The minimum Gasteiger partial charge on any atom is -0.378 e. The molecular weight excluding hydrogens is 306 g/mol. The lowest BCUT2D eigenvalue weighted by atomic mass is 10.1. The van der Waals surface area contributed by atoms with Crippen LogP contribution in [0.25, 0.3) is 0 Å². The van der Waals surface area contributed by atoms with Gasteiger partial charge in [-0.1, -0.05) is 35.0 Å². The number of hydrogen-bond donors (Lipinski definition) is 0. The third kappa shape index (κ3) is 4.13. The normalized spacial score (nSPS) is 20.4. The van der Waals surface area contributed by atoms with Crippen LogP contribution in [0.1, 0.15) is 30.1 Å². The predicted octanol–water partition coefficient (Wildman–Crippen LogP) is 3.13. The molecule has 0 bridgehead atoms. The molecule has 1 heterocycles. The first-order chi connectivity index (χ1) is 9.20. The molecule has 0 spiro atoms. The Bertz CT molecular complexity index is 419. The van der Waals surface area contributed by atoms with Crippen LogP contribution in [0.2, 0.25) is 0 Å². The maximum atomic E-state index is 12.1. The summed E-state index contributed by atoms with van der Waals surface area (Å²) in [7, 11) is 0. The van der Waals surface area contributed by atoms with E-state index in [1.54, 1.807) is 0 Å². The van der Waals surface area contributed by atoms with Gasteiger partial charge in [0.1, 0.15) is 0 Å². The molecular formula is C15H20BrNO2. The SMILES string of the molecule is CCC1COCCN1CCC(=O)c1ccc(Br)cc1.